The van der Waals surface area contributed by atoms with E-state index < -0.39 is 12.1 Å². The standard InChI is InChI=1S/C62H106O6/c1-4-7-10-13-16-19-22-25-26-27-28-29-30-31-32-33-34-35-36-38-40-43-46-49-52-55-61(64)67-58-59(57-66-60(63)54-51-48-45-42-39-24-21-18-15-12-9-6-3)68-62(65)56-53-50-47-44-41-37-23-20-17-14-11-8-5-2/h8,11,17-18,20-22,25,27-28,37,41,47,50,59H,4-7,9-10,12-16,19,23-24,26,29-36,38-40,42-46,48-49,51-58H2,1-3H3/b11-8-,20-17-,21-18-,25-22-,28-27-,41-37-,50-47-. The Morgan fingerprint density at radius 2 is 0.603 bits per heavy atom. The van der Waals surface area contributed by atoms with Crippen molar-refractivity contribution >= 4 is 17.9 Å². The number of hydrogen-bond donors (Lipinski definition) is 0. The Morgan fingerprint density at radius 3 is 1.00 bits per heavy atom. The van der Waals surface area contributed by atoms with Gasteiger partial charge in [0.2, 0.25) is 0 Å². The first-order valence-electron chi connectivity index (χ1n) is 28.6. The molecule has 6 nitrogen and oxygen atoms in total. The Kier molecular flexibility index (Phi) is 53.4. The maximum atomic E-state index is 12.8. The Hall–Kier alpha value is -3.41. The molecule has 1 unspecified atom stereocenters. The van der Waals surface area contributed by atoms with Crippen LogP contribution in [0.15, 0.2) is 85.1 Å². The molecule has 0 saturated heterocycles. The first-order valence-corrected chi connectivity index (χ1v) is 28.6. The summed E-state index contributed by atoms with van der Waals surface area (Å²) < 4.78 is 16.7. The van der Waals surface area contributed by atoms with Crippen molar-refractivity contribution in [2.24, 2.45) is 0 Å². The van der Waals surface area contributed by atoms with Crippen molar-refractivity contribution in [2.75, 3.05) is 13.2 Å². The molecule has 0 bridgehead atoms. The molecule has 0 aliphatic carbocycles. The molecule has 0 aliphatic heterocycles. The Labute approximate surface area is 420 Å². The average molecular weight is 948 g/mol. The minimum atomic E-state index is -0.817. The predicted molar refractivity (Wildman–Crippen MR) is 293 cm³/mol. The number of allylic oxidation sites excluding steroid dienone is 14. The van der Waals surface area contributed by atoms with E-state index in [0.29, 0.717) is 19.3 Å². The van der Waals surface area contributed by atoms with Crippen LogP contribution in [0, 0.1) is 0 Å². The second-order valence-electron chi connectivity index (χ2n) is 18.8. The first-order chi connectivity index (χ1) is 33.5. The van der Waals surface area contributed by atoms with E-state index in [2.05, 4.69) is 93.7 Å². The quantitative estimate of drug-likeness (QED) is 0.0262. The molecular formula is C62H106O6. The van der Waals surface area contributed by atoms with E-state index in [1.807, 2.05) is 12.2 Å². The van der Waals surface area contributed by atoms with E-state index in [9.17, 15) is 14.4 Å². The van der Waals surface area contributed by atoms with Gasteiger partial charge >= 0.3 is 17.9 Å². The van der Waals surface area contributed by atoms with Crippen molar-refractivity contribution in [2.45, 2.75) is 277 Å². The summed E-state index contributed by atoms with van der Waals surface area (Å²) in [5.74, 6) is -0.997. The summed E-state index contributed by atoms with van der Waals surface area (Å²) in [5, 5.41) is 0. The minimum Gasteiger partial charge on any atom is -0.462 e. The van der Waals surface area contributed by atoms with Crippen LogP contribution in [0.1, 0.15) is 271 Å². The number of carbonyl (C=O) groups is 3. The summed E-state index contributed by atoms with van der Waals surface area (Å²) >= 11 is 0. The summed E-state index contributed by atoms with van der Waals surface area (Å²) in [4.78, 5) is 38.0. The van der Waals surface area contributed by atoms with Gasteiger partial charge in [-0.05, 0) is 103 Å². The Morgan fingerprint density at radius 1 is 0.309 bits per heavy atom. The lowest BCUT2D eigenvalue weighted by Gasteiger charge is -2.18. The molecule has 0 saturated carbocycles. The fourth-order valence-corrected chi connectivity index (χ4v) is 7.83. The molecular weight excluding hydrogens is 841 g/mol. The third kappa shape index (κ3) is 53.5. The van der Waals surface area contributed by atoms with Gasteiger partial charge in [-0.15, -0.1) is 0 Å². The van der Waals surface area contributed by atoms with Gasteiger partial charge < -0.3 is 14.2 Å². The molecule has 0 spiro atoms. The van der Waals surface area contributed by atoms with Gasteiger partial charge in [-0.25, -0.2) is 0 Å². The molecule has 0 aromatic heterocycles. The molecule has 390 valence electrons. The first kappa shape index (κ1) is 64.6. The Bertz CT molecular complexity index is 1320. The van der Waals surface area contributed by atoms with Crippen molar-refractivity contribution in [3.63, 3.8) is 0 Å². The molecule has 68 heavy (non-hydrogen) atoms. The van der Waals surface area contributed by atoms with Crippen molar-refractivity contribution in [3.05, 3.63) is 85.1 Å². The van der Waals surface area contributed by atoms with E-state index in [1.54, 1.807) is 0 Å². The fourth-order valence-electron chi connectivity index (χ4n) is 7.83. The lowest BCUT2D eigenvalue weighted by molar-refractivity contribution is -0.166. The van der Waals surface area contributed by atoms with Crippen molar-refractivity contribution < 1.29 is 28.6 Å². The van der Waals surface area contributed by atoms with E-state index in [1.165, 1.54) is 141 Å². The summed E-state index contributed by atoms with van der Waals surface area (Å²) in [6.45, 7) is 6.43. The highest BCUT2D eigenvalue weighted by atomic mass is 16.6. The number of hydrogen-bond acceptors (Lipinski definition) is 6. The highest BCUT2D eigenvalue weighted by Crippen LogP contribution is 2.15. The number of esters is 3. The third-order valence-electron chi connectivity index (χ3n) is 12.1. The molecule has 6 heteroatoms. The normalized spacial score (nSPS) is 12.7. The van der Waals surface area contributed by atoms with Crippen LogP contribution < -0.4 is 0 Å². The molecule has 0 aliphatic rings. The summed E-state index contributed by atoms with van der Waals surface area (Å²) in [5.41, 5.74) is 0. The second-order valence-corrected chi connectivity index (χ2v) is 18.8. The highest BCUT2D eigenvalue weighted by molar-refractivity contribution is 5.71. The summed E-state index contributed by atoms with van der Waals surface area (Å²) in [7, 11) is 0. The highest BCUT2D eigenvalue weighted by Gasteiger charge is 2.19. The maximum Gasteiger partial charge on any atom is 0.306 e. The van der Waals surface area contributed by atoms with Gasteiger partial charge in [0.1, 0.15) is 13.2 Å². The topological polar surface area (TPSA) is 78.9 Å². The smallest absolute Gasteiger partial charge is 0.306 e. The van der Waals surface area contributed by atoms with Crippen molar-refractivity contribution in [1.29, 1.82) is 0 Å². The molecule has 0 aromatic carbocycles. The maximum absolute atomic E-state index is 12.8. The lowest BCUT2D eigenvalue weighted by Crippen LogP contribution is -2.30. The van der Waals surface area contributed by atoms with Gasteiger partial charge in [0.05, 0.1) is 0 Å². The minimum absolute atomic E-state index is 0.107. The van der Waals surface area contributed by atoms with Gasteiger partial charge in [0.25, 0.3) is 0 Å². The largest absolute Gasteiger partial charge is 0.462 e. The van der Waals surface area contributed by atoms with E-state index in [0.717, 1.165) is 83.5 Å². The van der Waals surface area contributed by atoms with Crippen LogP contribution in [0.4, 0.5) is 0 Å². The Balaban J connectivity index is 4.29. The number of ether oxygens (including phenoxy) is 3. The summed E-state index contributed by atoms with van der Waals surface area (Å²) in [6.07, 6.45) is 73.2. The van der Waals surface area contributed by atoms with Crippen molar-refractivity contribution in [1.82, 2.24) is 0 Å². The molecule has 0 aromatic rings. The average Bonchev–Trinajstić information content (AvgIpc) is 3.34. The van der Waals surface area contributed by atoms with Crippen LogP contribution in [0.2, 0.25) is 0 Å². The van der Waals surface area contributed by atoms with E-state index in [-0.39, 0.29) is 31.6 Å². The number of unbranched alkanes of at least 4 members (excludes halogenated alkanes) is 26. The molecule has 0 rings (SSSR count). The van der Waals surface area contributed by atoms with Crippen molar-refractivity contribution in [3.8, 4) is 0 Å². The van der Waals surface area contributed by atoms with Gasteiger partial charge in [0, 0.05) is 19.3 Å². The van der Waals surface area contributed by atoms with Crippen LogP contribution in [-0.4, -0.2) is 37.2 Å². The second kappa shape index (κ2) is 56.2. The van der Waals surface area contributed by atoms with Crippen LogP contribution in [0.3, 0.4) is 0 Å². The van der Waals surface area contributed by atoms with E-state index in [4.69, 9.17) is 14.2 Å². The lowest BCUT2D eigenvalue weighted by atomic mass is 10.0. The molecule has 0 N–H and O–H groups in total. The van der Waals surface area contributed by atoms with Gasteiger partial charge in [-0.2, -0.15) is 0 Å². The zero-order valence-corrected chi connectivity index (χ0v) is 44.6. The number of carbonyl (C=O) groups excluding carboxylic acids is 3. The fraction of sp³-hybridized carbons (Fsp3) is 0.726. The van der Waals surface area contributed by atoms with Crippen LogP contribution in [0.25, 0.3) is 0 Å². The molecule has 1 atom stereocenters. The predicted octanol–water partition coefficient (Wildman–Crippen LogP) is 19.2. The zero-order chi connectivity index (χ0) is 49.3. The molecule has 0 radical (unpaired) electrons. The zero-order valence-electron chi connectivity index (χ0n) is 44.6. The van der Waals surface area contributed by atoms with Crippen LogP contribution in [0.5, 0.6) is 0 Å². The third-order valence-corrected chi connectivity index (χ3v) is 12.1. The van der Waals surface area contributed by atoms with Crippen LogP contribution in [-0.2, 0) is 28.6 Å². The summed E-state index contributed by atoms with van der Waals surface area (Å²) in [6, 6.07) is 0. The van der Waals surface area contributed by atoms with Gasteiger partial charge in [-0.3, -0.25) is 14.4 Å². The van der Waals surface area contributed by atoms with Gasteiger partial charge in [-0.1, -0.05) is 234 Å². The van der Waals surface area contributed by atoms with E-state index >= 15 is 0 Å². The SMILES string of the molecule is CC/C=C\C/C=C\C/C=C\C/C=C\CCC(=O)OC(COC(=O)CCCCCCC/C=C\CCCCC)COC(=O)CCCCCCCCCCCCCCC/C=C\C/C=C\CCCCCCC. The molecule has 0 amide bonds. The number of rotatable bonds is 51. The molecule has 0 fully saturated rings. The van der Waals surface area contributed by atoms with Gasteiger partial charge in [0.15, 0.2) is 6.10 Å². The van der Waals surface area contributed by atoms with Crippen LogP contribution >= 0.6 is 0 Å². The molecule has 0 heterocycles. The monoisotopic (exact) mass is 947 g/mol.